The number of hydrogen-bond acceptors (Lipinski definition) is 3. The molecule has 0 saturated carbocycles. The van der Waals surface area contributed by atoms with Crippen LogP contribution in [0.2, 0.25) is 5.02 Å². The minimum atomic E-state index is -0.0248. The quantitative estimate of drug-likeness (QED) is 0.937. The fraction of sp³-hybridized carbons (Fsp3) is 0.188. The Bertz CT molecular complexity index is 634. The molecule has 2 rings (SSSR count). The molecule has 4 heteroatoms. The molecule has 1 unspecified atom stereocenters. The number of halogens is 1. The van der Waals surface area contributed by atoms with Gasteiger partial charge in [0.15, 0.2) is 0 Å². The number of rotatable bonds is 4. The van der Waals surface area contributed by atoms with Crippen LogP contribution in [-0.4, -0.2) is 13.6 Å². The van der Waals surface area contributed by atoms with Crippen molar-refractivity contribution >= 4 is 17.3 Å². The Kier molecular flexibility index (Phi) is 4.62. The molecule has 0 bridgehead atoms. The van der Waals surface area contributed by atoms with Crippen molar-refractivity contribution < 1.29 is 0 Å². The molecule has 3 nitrogen and oxygen atoms in total. The van der Waals surface area contributed by atoms with Crippen LogP contribution in [0, 0.1) is 11.3 Å². The molecule has 0 aromatic heterocycles. The Morgan fingerprint density at radius 2 is 2.00 bits per heavy atom. The fourth-order valence-electron chi connectivity index (χ4n) is 2.28. The predicted molar refractivity (Wildman–Crippen MR) is 82.8 cm³/mol. The lowest BCUT2D eigenvalue weighted by Crippen LogP contribution is -2.30. The molecule has 0 heterocycles. The second kappa shape index (κ2) is 6.42. The number of hydrogen-bond donors (Lipinski definition) is 1. The summed E-state index contributed by atoms with van der Waals surface area (Å²) in [4.78, 5) is 2.02. The topological polar surface area (TPSA) is 53.0 Å². The van der Waals surface area contributed by atoms with Crippen LogP contribution in [0.3, 0.4) is 0 Å². The highest BCUT2D eigenvalue weighted by Crippen LogP contribution is 2.28. The van der Waals surface area contributed by atoms with E-state index in [0.29, 0.717) is 17.1 Å². The molecule has 2 aromatic rings. The van der Waals surface area contributed by atoms with Gasteiger partial charge in [-0.05, 0) is 29.8 Å². The van der Waals surface area contributed by atoms with E-state index in [-0.39, 0.29) is 6.04 Å². The van der Waals surface area contributed by atoms with E-state index >= 15 is 0 Å². The normalized spacial score (nSPS) is 11.7. The Morgan fingerprint density at radius 1 is 1.25 bits per heavy atom. The molecule has 0 amide bonds. The Labute approximate surface area is 124 Å². The van der Waals surface area contributed by atoms with Gasteiger partial charge in [0.1, 0.15) is 6.07 Å². The fourth-order valence-corrected chi connectivity index (χ4v) is 2.47. The van der Waals surface area contributed by atoms with E-state index in [1.54, 1.807) is 6.07 Å². The molecular weight excluding hydrogens is 270 g/mol. The number of nitrogens with zero attached hydrogens (tertiary/aromatic N) is 2. The molecular formula is C16H16ClN3. The van der Waals surface area contributed by atoms with E-state index < -0.39 is 0 Å². The van der Waals surface area contributed by atoms with Gasteiger partial charge in [-0.2, -0.15) is 5.26 Å². The van der Waals surface area contributed by atoms with E-state index in [4.69, 9.17) is 17.3 Å². The lowest BCUT2D eigenvalue weighted by atomic mass is 10.0. The van der Waals surface area contributed by atoms with Crippen molar-refractivity contribution in [2.75, 3.05) is 18.5 Å². The lowest BCUT2D eigenvalue weighted by Gasteiger charge is -2.30. The standard InChI is InChI=1S/C16H16ClN3/c1-20(15-8-3-2-5-13(15)10-18)16(11-19)12-6-4-7-14(17)9-12/h2-9,16H,11,19H2,1H3. The molecule has 0 aliphatic heterocycles. The number of nitriles is 1. The molecule has 0 radical (unpaired) electrons. The van der Waals surface area contributed by atoms with Crippen LogP contribution in [0.15, 0.2) is 48.5 Å². The maximum Gasteiger partial charge on any atom is 0.101 e. The highest BCUT2D eigenvalue weighted by atomic mass is 35.5. The number of anilines is 1. The summed E-state index contributed by atoms with van der Waals surface area (Å²) >= 11 is 6.04. The van der Waals surface area contributed by atoms with Crippen molar-refractivity contribution in [3.63, 3.8) is 0 Å². The molecule has 20 heavy (non-hydrogen) atoms. The monoisotopic (exact) mass is 285 g/mol. The van der Waals surface area contributed by atoms with Gasteiger partial charge in [0.2, 0.25) is 0 Å². The van der Waals surface area contributed by atoms with Crippen LogP contribution in [0.5, 0.6) is 0 Å². The molecule has 2 aromatic carbocycles. The summed E-state index contributed by atoms with van der Waals surface area (Å²) in [6, 6.07) is 17.3. The Hall–Kier alpha value is -2.02. The van der Waals surface area contributed by atoms with Crippen LogP contribution in [0.25, 0.3) is 0 Å². The second-order valence-corrected chi connectivity index (χ2v) is 4.98. The van der Waals surface area contributed by atoms with Gasteiger partial charge in [-0.3, -0.25) is 0 Å². The lowest BCUT2D eigenvalue weighted by molar-refractivity contribution is 0.680. The maximum atomic E-state index is 9.21. The first kappa shape index (κ1) is 14.4. The zero-order chi connectivity index (χ0) is 14.5. The minimum absolute atomic E-state index is 0.0248. The van der Waals surface area contributed by atoms with Gasteiger partial charge >= 0.3 is 0 Å². The minimum Gasteiger partial charge on any atom is -0.365 e. The van der Waals surface area contributed by atoms with E-state index in [1.165, 1.54) is 0 Å². The molecule has 0 spiro atoms. The van der Waals surface area contributed by atoms with E-state index in [9.17, 15) is 5.26 Å². The largest absolute Gasteiger partial charge is 0.365 e. The van der Waals surface area contributed by atoms with Crippen molar-refractivity contribution in [1.82, 2.24) is 0 Å². The number of nitrogens with two attached hydrogens (primary N) is 1. The van der Waals surface area contributed by atoms with Gasteiger partial charge in [-0.25, -0.2) is 0 Å². The molecule has 102 valence electrons. The SMILES string of the molecule is CN(c1ccccc1C#N)C(CN)c1cccc(Cl)c1. The van der Waals surface area contributed by atoms with Crippen LogP contribution >= 0.6 is 11.6 Å². The van der Waals surface area contributed by atoms with E-state index in [2.05, 4.69) is 6.07 Å². The van der Waals surface area contributed by atoms with Gasteiger partial charge in [0, 0.05) is 18.6 Å². The summed E-state index contributed by atoms with van der Waals surface area (Å²) in [5, 5.41) is 9.89. The summed E-state index contributed by atoms with van der Waals surface area (Å²) in [7, 11) is 1.94. The first-order valence-electron chi connectivity index (χ1n) is 6.35. The van der Waals surface area contributed by atoms with Crippen molar-refractivity contribution in [3.8, 4) is 6.07 Å². The van der Waals surface area contributed by atoms with Gasteiger partial charge in [0.05, 0.1) is 17.3 Å². The van der Waals surface area contributed by atoms with Crippen molar-refractivity contribution in [3.05, 3.63) is 64.7 Å². The third-order valence-corrected chi connectivity index (χ3v) is 3.56. The molecule has 1 atom stereocenters. The summed E-state index contributed by atoms with van der Waals surface area (Å²) in [6.45, 7) is 0.441. The molecule has 0 aliphatic rings. The summed E-state index contributed by atoms with van der Waals surface area (Å²) in [6.07, 6.45) is 0. The number of para-hydroxylation sites is 1. The van der Waals surface area contributed by atoms with Crippen LogP contribution in [-0.2, 0) is 0 Å². The highest BCUT2D eigenvalue weighted by Gasteiger charge is 2.18. The zero-order valence-corrected chi connectivity index (χ0v) is 12.0. The number of benzene rings is 2. The van der Waals surface area contributed by atoms with Gasteiger partial charge in [-0.1, -0.05) is 35.9 Å². The number of likely N-dealkylation sites (N-methyl/N-ethyl adjacent to an activating group) is 1. The third kappa shape index (κ3) is 2.93. The second-order valence-electron chi connectivity index (χ2n) is 4.55. The van der Waals surface area contributed by atoms with E-state index in [0.717, 1.165) is 11.3 Å². The average Bonchev–Trinajstić information content (AvgIpc) is 2.48. The zero-order valence-electron chi connectivity index (χ0n) is 11.3. The van der Waals surface area contributed by atoms with Crippen LogP contribution in [0.1, 0.15) is 17.2 Å². The third-order valence-electron chi connectivity index (χ3n) is 3.33. The Morgan fingerprint density at radius 3 is 2.65 bits per heavy atom. The smallest absolute Gasteiger partial charge is 0.101 e. The molecule has 0 saturated heterocycles. The average molecular weight is 286 g/mol. The van der Waals surface area contributed by atoms with Crippen LogP contribution < -0.4 is 10.6 Å². The first-order chi connectivity index (χ1) is 9.67. The van der Waals surface area contributed by atoms with Crippen LogP contribution in [0.4, 0.5) is 5.69 Å². The maximum absolute atomic E-state index is 9.21. The van der Waals surface area contributed by atoms with Crippen molar-refractivity contribution in [2.45, 2.75) is 6.04 Å². The van der Waals surface area contributed by atoms with Gasteiger partial charge in [-0.15, -0.1) is 0 Å². The predicted octanol–water partition coefficient (Wildman–Crippen LogP) is 3.35. The van der Waals surface area contributed by atoms with E-state index in [1.807, 2.05) is 54.4 Å². The summed E-state index contributed by atoms with van der Waals surface area (Å²) in [5.74, 6) is 0. The van der Waals surface area contributed by atoms with Crippen molar-refractivity contribution in [1.29, 1.82) is 5.26 Å². The molecule has 0 aliphatic carbocycles. The molecule has 0 fully saturated rings. The van der Waals surface area contributed by atoms with Gasteiger partial charge < -0.3 is 10.6 Å². The summed E-state index contributed by atoms with van der Waals surface area (Å²) < 4.78 is 0. The highest BCUT2D eigenvalue weighted by molar-refractivity contribution is 6.30. The van der Waals surface area contributed by atoms with Gasteiger partial charge in [0.25, 0.3) is 0 Å². The summed E-state index contributed by atoms with van der Waals surface area (Å²) in [5.41, 5.74) is 8.46. The molecule has 2 N–H and O–H groups in total. The van der Waals surface area contributed by atoms with Crippen molar-refractivity contribution in [2.24, 2.45) is 5.73 Å². The Balaban J connectivity index is 2.39. The first-order valence-corrected chi connectivity index (χ1v) is 6.72.